The predicted octanol–water partition coefficient (Wildman–Crippen LogP) is 3.49. The van der Waals surface area contributed by atoms with E-state index in [1.54, 1.807) is 19.2 Å². The third-order valence-corrected chi connectivity index (χ3v) is 5.84. The monoisotopic (exact) mass is 412 g/mol. The summed E-state index contributed by atoms with van der Waals surface area (Å²) in [6.45, 7) is 1.55. The van der Waals surface area contributed by atoms with Gasteiger partial charge in [-0.3, -0.25) is 9.10 Å². The molecule has 3 aromatic carbocycles. The number of carbonyl (C=O) groups is 1. The molecule has 0 fully saturated rings. The van der Waals surface area contributed by atoms with Gasteiger partial charge in [0.1, 0.15) is 12.3 Å². The maximum absolute atomic E-state index is 12.7. The Bertz CT molecular complexity index is 1110. The standard InChI is InChI=1S/C22H24N2O4S/c1-16(17-11-13-19(28-2)14-12-17)23-22(25)15-24(29(3,26)27)21-10-6-8-18-7-4-5-9-20(18)21/h4-14,16H,15H2,1-3H3,(H,23,25)/t16-/m0/s1. The highest BCUT2D eigenvalue weighted by Crippen LogP contribution is 2.28. The van der Waals surface area contributed by atoms with Gasteiger partial charge in [-0.05, 0) is 36.1 Å². The molecular weight excluding hydrogens is 388 g/mol. The zero-order chi connectivity index (χ0) is 21.0. The first kappa shape index (κ1) is 20.7. The number of carbonyl (C=O) groups excluding carboxylic acids is 1. The number of hydrogen-bond acceptors (Lipinski definition) is 4. The van der Waals surface area contributed by atoms with Crippen molar-refractivity contribution in [1.82, 2.24) is 5.32 Å². The van der Waals surface area contributed by atoms with E-state index in [1.165, 1.54) is 0 Å². The smallest absolute Gasteiger partial charge is 0.241 e. The SMILES string of the molecule is COc1ccc([C@H](C)NC(=O)CN(c2cccc3ccccc23)S(C)(=O)=O)cc1. The fourth-order valence-corrected chi connectivity index (χ4v) is 4.07. The van der Waals surface area contributed by atoms with Gasteiger partial charge in [0, 0.05) is 5.39 Å². The van der Waals surface area contributed by atoms with Crippen molar-refractivity contribution in [3.05, 3.63) is 72.3 Å². The average Bonchev–Trinajstić information content (AvgIpc) is 2.71. The minimum absolute atomic E-state index is 0.276. The molecule has 0 radical (unpaired) electrons. The molecular formula is C22H24N2O4S. The minimum atomic E-state index is -3.66. The van der Waals surface area contributed by atoms with Crippen LogP contribution in [-0.4, -0.2) is 34.2 Å². The van der Waals surface area contributed by atoms with E-state index in [-0.39, 0.29) is 18.5 Å². The third kappa shape index (κ3) is 4.86. The second-order valence-corrected chi connectivity index (χ2v) is 8.74. The molecule has 0 aliphatic carbocycles. The molecule has 3 rings (SSSR count). The number of fused-ring (bicyclic) bond motifs is 1. The molecule has 0 bridgehead atoms. The molecule has 0 unspecified atom stereocenters. The molecule has 7 heteroatoms. The van der Waals surface area contributed by atoms with Crippen LogP contribution in [-0.2, 0) is 14.8 Å². The first-order chi connectivity index (χ1) is 13.8. The van der Waals surface area contributed by atoms with Crippen LogP contribution in [0.1, 0.15) is 18.5 Å². The summed E-state index contributed by atoms with van der Waals surface area (Å²) in [5, 5.41) is 4.55. The number of sulfonamides is 1. The maximum atomic E-state index is 12.7. The van der Waals surface area contributed by atoms with Gasteiger partial charge < -0.3 is 10.1 Å². The van der Waals surface area contributed by atoms with E-state index in [4.69, 9.17) is 4.74 Å². The molecule has 0 heterocycles. The quantitative estimate of drug-likeness (QED) is 0.645. The van der Waals surface area contributed by atoms with Crippen molar-refractivity contribution in [2.45, 2.75) is 13.0 Å². The van der Waals surface area contributed by atoms with Crippen molar-refractivity contribution in [3.8, 4) is 5.75 Å². The van der Waals surface area contributed by atoms with Gasteiger partial charge in [0.25, 0.3) is 0 Å². The van der Waals surface area contributed by atoms with Crippen LogP contribution in [0.25, 0.3) is 10.8 Å². The third-order valence-electron chi connectivity index (χ3n) is 4.72. The summed E-state index contributed by atoms with van der Waals surface area (Å²) in [5.41, 5.74) is 1.38. The minimum Gasteiger partial charge on any atom is -0.497 e. The molecule has 0 aliphatic heterocycles. The molecule has 1 atom stereocenters. The molecule has 152 valence electrons. The molecule has 0 saturated heterocycles. The Kier molecular flexibility index (Phi) is 6.08. The summed E-state index contributed by atoms with van der Waals surface area (Å²) in [7, 11) is -2.07. The molecule has 29 heavy (non-hydrogen) atoms. The lowest BCUT2D eigenvalue weighted by molar-refractivity contribution is -0.120. The highest BCUT2D eigenvalue weighted by molar-refractivity contribution is 7.92. The molecule has 1 N–H and O–H groups in total. The van der Waals surface area contributed by atoms with Gasteiger partial charge >= 0.3 is 0 Å². The van der Waals surface area contributed by atoms with Crippen LogP contribution in [0.2, 0.25) is 0 Å². The number of rotatable bonds is 7. The van der Waals surface area contributed by atoms with E-state index in [2.05, 4.69) is 5.32 Å². The number of nitrogens with one attached hydrogen (secondary N) is 1. The summed E-state index contributed by atoms with van der Waals surface area (Å²) in [6, 6.07) is 20.0. The molecule has 3 aromatic rings. The van der Waals surface area contributed by atoms with E-state index >= 15 is 0 Å². The van der Waals surface area contributed by atoms with Gasteiger partial charge in [-0.25, -0.2) is 8.42 Å². The molecule has 0 aliphatic rings. The fourth-order valence-electron chi connectivity index (χ4n) is 3.20. The highest BCUT2D eigenvalue weighted by Gasteiger charge is 2.23. The Morgan fingerprint density at radius 1 is 1.03 bits per heavy atom. The van der Waals surface area contributed by atoms with Crippen molar-refractivity contribution in [3.63, 3.8) is 0 Å². The van der Waals surface area contributed by atoms with Crippen LogP contribution < -0.4 is 14.4 Å². The van der Waals surface area contributed by atoms with Gasteiger partial charge in [-0.15, -0.1) is 0 Å². The number of ether oxygens (including phenoxy) is 1. The van der Waals surface area contributed by atoms with Crippen molar-refractivity contribution in [1.29, 1.82) is 0 Å². The fraction of sp³-hybridized carbons (Fsp3) is 0.227. The van der Waals surface area contributed by atoms with Crippen LogP contribution in [0.4, 0.5) is 5.69 Å². The van der Waals surface area contributed by atoms with Gasteiger partial charge in [0.15, 0.2) is 0 Å². The van der Waals surface area contributed by atoms with Crippen molar-refractivity contribution < 1.29 is 17.9 Å². The number of nitrogens with zero attached hydrogens (tertiary/aromatic N) is 1. The lowest BCUT2D eigenvalue weighted by atomic mass is 10.1. The van der Waals surface area contributed by atoms with Gasteiger partial charge in [0.05, 0.1) is 25.1 Å². The number of hydrogen-bond donors (Lipinski definition) is 1. The summed E-state index contributed by atoms with van der Waals surface area (Å²) < 4.78 is 31.2. The number of anilines is 1. The topological polar surface area (TPSA) is 75.7 Å². The Hall–Kier alpha value is -3.06. The zero-order valence-corrected chi connectivity index (χ0v) is 17.4. The maximum Gasteiger partial charge on any atom is 0.241 e. The van der Waals surface area contributed by atoms with E-state index in [1.807, 2.05) is 61.5 Å². The number of benzene rings is 3. The van der Waals surface area contributed by atoms with Crippen LogP contribution in [0.3, 0.4) is 0 Å². The van der Waals surface area contributed by atoms with Gasteiger partial charge in [-0.1, -0.05) is 48.5 Å². The van der Waals surface area contributed by atoms with Crippen LogP contribution >= 0.6 is 0 Å². The Morgan fingerprint density at radius 3 is 2.34 bits per heavy atom. The van der Waals surface area contributed by atoms with Crippen molar-refractivity contribution >= 4 is 32.4 Å². The molecule has 0 saturated carbocycles. The second kappa shape index (κ2) is 8.53. The molecule has 6 nitrogen and oxygen atoms in total. The first-order valence-electron chi connectivity index (χ1n) is 9.18. The van der Waals surface area contributed by atoms with Gasteiger partial charge in [0.2, 0.25) is 15.9 Å². The summed E-state index contributed by atoms with van der Waals surface area (Å²) in [6.07, 6.45) is 1.11. The lowest BCUT2D eigenvalue weighted by Gasteiger charge is -2.24. The second-order valence-electron chi connectivity index (χ2n) is 6.83. The zero-order valence-electron chi connectivity index (χ0n) is 16.6. The van der Waals surface area contributed by atoms with E-state index in [0.29, 0.717) is 5.69 Å². The summed E-state index contributed by atoms with van der Waals surface area (Å²) in [4.78, 5) is 12.7. The first-order valence-corrected chi connectivity index (χ1v) is 11.0. The molecule has 1 amide bonds. The Morgan fingerprint density at radius 2 is 1.69 bits per heavy atom. The molecule has 0 aromatic heterocycles. The Labute approximate surface area is 171 Å². The van der Waals surface area contributed by atoms with E-state index in [9.17, 15) is 13.2 Å². The molecule has 0 spiro atoms. The van der Waals surface area contributed by atoms with E-state index < -0.39 is 10.0 Å². The number of methoxy groups -OCH3 is 1. The predicted molar refractivity (Wildman–Crippen MR) is 116 cm³/mol. The van der Waals surface area contributed by atoms with Gasteiger partial charge in [-0.2, -0.15) is 0 Å². The van der Waals surface area contributed by atoms with E-state index in [0.717, 1.165) is 32.6 Å². The highest BCUT2D eigenvalue weighted by atomic mass is 32.2. The largest absolute Gasteiger partial charge is 0.497 e. The lowest BCUT2D eigenvalue weighted by Crippen LogP contribution is -2.41. The normalized spacial score (nSPS) is 12.4. The van der Waals surface area contributed by atoms with Crippen LogP contribution in [0, 0.1) is 0 Å². The Balaban J connectivity index is 1.82. The number of amides is 1. The van der Waals surface area contributed by atoms with Crippen molar-refractivity contribution in [2.75, 3.05) is 24.2 Å². The summed E-state index contributed by atoms with van der Waals surface area (Å²) >= 11 is 0. The van der Waals surface area contributed by atoms with Crippen molar-refractivity contribution in [2.24, 2.45) is 0 Å². The van der Waals surface area contributed by atoms with Crippen LogP contribution in [0.15, 0.2) is 66.7 Å². The average molecular weight is 413 g/mol. The summed E-state index contributed by atoms with van der Waals surface area (Å²) in [5.74, 6) is 0.346. The van der Waals surface area contributed by atoms with Crippen LogP contribution in [0.5, 0.6) is 5.75 Å².